The van der Waals surface area contributed by atoms with E-state index >= 15 is 0 Å². The number of likely N-dealkylation sites (tertiary alicyclic amines) is 1. The summed E-state index contributed by atoms with van der Waals surface area (Å²) in [7, 11) is 0. The Labute approximate surface area is 156 Å². The molecule has 4 aliphatic heterocycles. The van der Waals surface area contributed by atoms with Crippen LogP contribution in [0, 0.1) is 23.2 Å². The molecule has 7 unspecified atom stereocenters. The molecule has 0 aromatic rings. The minimum absolute atomic E-state index is 0.396. The molecule has 5 nitrogen and oxygen atoms in total. The highest BCUT2D eigenvalue weighted by atomic mass is 16.5. The number of ether oxygens (including phenoxy) is 2. The van der Waals surface area contributed by atoms with Gasteiger partial charge < -0.3 is 19.7 Å². The summed E-state index contributed by atoms with van der Waals surface area (Å²) >= 11 is 0. The maximum Gasteiger partial charge on any atom is 0.194 e. The third-order valence-electron chi connectivity index (χ3n) is 8.63. The van der Waals surface area contributed by atoms with E-state index in [-0.39, 0.29) is 0 Å². The van der Waals surface area contributed by atoms with E-state index in [1.807, 2.05) is 0 Å². The van der Waals surface area contributed by atoms with Gasteiger partial charge in [0.05, 0.1) is 18.3 Å². The van der Waals surface area contributed by atoms with Crippen LogP contribution in [0.2, 0.25) is 0 Å². The number of aliphatic imine (C=N–C) groups is 1. The first-order valence-electron chi connectivity index (χ1n) is 11.1. The Hall–Kier alpha value is -0.810. The van der Waals surface area contributed by atoms with Crippen LogP contribution >= 0.6 is 0 Å². The van der Waals surface area contributed by atoms with Crippen molar-refractivity contribution >= 4 is 5.96 Å². The zero-order valence-electron chi connectivity index (χ0n) is 16.0. The zero-order valence-corrected chi connectivity index (χ0v) is 16.0. The van der Waals surface area contributed by atoms with Gasteiger partial charge in [-0.1, -0.05) is 12.8 Å². The van der Waals surface area contributed by atoms with Gasteiger partial charge >= 0.3 is 0 Å². The van der Waals surface area contributed by atoms with Crippen LogP contribution in [-0.2, 0) is 9.47 Å². The lowest BCUT2D eigenvalue weighted by Gasteiger charge is -2.57. The summed E-state index contributed by atoms with van der Waals surface area (Å²) in [6.07, 6.45) is 10.8. The molecule has 5 heteroatoms. The van der Waals surface area contributed by atoms with Crippen molar-refractivity contribution in [3.05, 3.63) is 0 Å². The van der Waals surface area contributed by atoms with Gasteiger partial charge in [-0.3, -0.25) is 4.99 Å². The Bertz CT molecular complexity index is 584. The van der Waals surface area contributed by atoms with Gasteiger partial charge in [-0.2, -0.15) is 0 Å². The Morgan fingerprint density at radius 3 is 2.50 bits per heavy atom. The van der Waals surface area contributed by atoms with Crippen LogP contribution in [0.15, 0.2) is 4.99 Å². The summed E-state index contributed by atoms with van der Waals surface area (Å²) in [5.74, 6) is 3.36. The number of nitrogens with one attached hydrogen (secondary N) is 1. The Morgan fingerprint density at radius 1 is 1.08 bits per heavy atom. The summed E-state index contributed by atoms with van der Waals surface area (Å²) in [6, 6.07) is 0.580. The van der Waals surface area contributed by atoms with E-state index in [1.54, 1.807) is 0 Å². The predicted molar refractivity (Wildman–Crippen MR) is 100 cm³/mol. The molecule has 6 fully saturated rings. The number of fused-ring (bicyclic) bond motifs is 7. The van der Waals surface area contributed by atoms with Crippen LogP contribution in [0.4, 0.5) is 0 Å². The molecule has 1 spiro atoms. The number of rotatable bonds is 2. The molecule has 0 amide bonds. The molecule has 4 heterocycles. The van der Waals surface area contributed by atoms with Crippen molar-refractivity contribution in [2.24, 2.45) is 28.2 Å². The highest BCUT2D eigenvalue weighted by molar-refractivity contribution is 5.81. The first-order chi connectivity index (χ1) is 12.8. The summed E-state index contributed by atoms with van der Waals surface area (Å²) in [6.45, 7) is 6.27. The van der Waals surface area contributed by atoms with Crippen LogP contribution in [0.3, 0.4) is 0 Å². The van der Waals surface area contributed by atoms with Gasteiger partial charge in [0.2, 0.25) is 0 Å². The topological polar surface area (TPSA) is 46.1 Å². The summed E-state index contributed by atoms with van der Waals surface area (Å²) in [5, 5.41) is 3.99. The van der Waals surface area contributed by atoms with E-state index < -0.39 is 0 Å². The fourth-order valence-corrected chi connectivity index (χ4v) is 7.56. The van der Waals surface area contributed by atoms with Crippen LogP contribution in [0.25, 0.3) is 0 Å². The molecule has 144 valence electrons. The molecular weight excluding hydrogens is 326 g/mol. The molecule has 0 aromatic carbocycles. The minimum atomic E-state index is 0.396. The second kappa shape index (κ2) is 5.84. The summed E-state index contributed by atoms with van der Waals surface area (Å²) < 4.78 is 12.3. The summed E-state index contributed by atoms with van der Waals surface area (Å²) in [5.41, 5.74) is 0.396. The van der Waals surface area contributed by atoms with Gasteiger partial charge in [-0.25, -0.2) is 0 Å². The van der Waals surface area contributed by atoms with Gasteiger partial charge in [0.25, 0.3) is 0 Å². The maximum atomic E-state index is 6.17. The van der Waals surface area contributed by atoms with Crippen molar-refractivity contribution in [2.75, 3.05) is 26.2 Å². The fraction of sp³-hybridized carbons (Fsp3) is 0.952. The fourth-order valence-electron chi connectivity index (χ4n) is 7.56. The standard InChI is InChI=1S/C21H33N3O2/c1-2-22-20(24-11-14-15(12-24)17-6-5-16(14)26-17)23-18-13-7-10-25-19(13)21(18)8-3-4-9-21/h13-19H,2-12H2,1H3,(H,22,23). The maximum absolute atomic E-state index is 6.17. The van der Waals surface area contributed by atoms with Crippen molar-refractivity contribution in [1.29, 1.82) is 0 Å². The highest BCUT2D eigenvalue weighted by Crippen LogP contribution is 2.60. The largest absolute Gasteiger partial charge is 0.377 e. The number of guanidine groups is 1. The van der Waals surface area contributed by atoms with E-state index in [1.165, 1.54) is 50.9 Å². The average molecular weight is 360 g/mol. The lowest BCUT2D eigenvalue weighted by atomic mass is 9.54. The Balaban J connectivity index is 1.21. The Kier molecular flexibility index (Phi) is 3.63. The molecule has 0 aromatic heterocycles. The molecule has 0 radical (unpaired) electrons. The average Bonchev–Trinajstić information content (AvgIpc) is 3.44. The van der Waals surface area contributed by atoms with Gasteiger partial charge in [0, 0.05) is 55.5 Å². The summed E-state index contributed by atoms with van der Waals surface area (Å²) in [4.78, 5) is 7.51. The monoisotopic (exact) mass is 359 g/mol. The first kappa shape index (κ1) is 16.2. The number of hydrogen-bond acceptors (Lipinski definition) is 3. The molecule has 6 rings (SSSR count). The normalized spacial score (nSPS) is 48.1. The molecular formula is C21H33N3O2. The van der Waals surface area contributed by atoms with Crippen molar-refractivity contribution in [3.8, 4) is 0 Å². The number of nitrogens with zero attached hydrogens (tertiary/aromatic N) is 2. The molecule has 1 N–H and O–H groups in total. The second-order valence-corrected chi connectivity index (χ2v) is 9.63. The molecule has 2 aliphatic carbocycles. The van der Waals surface area contributed by atoms with Gasteiger partial charge in [0.15, 0.2) is 5.96 Å². The smallest absolute Gasteiger partial charge is 0.194 e. The van der Waals surface area contributed by atoms with Crippen molar-refractivity contribution < 1.29 is 9.47 Å². The van der Waals surface area contributed by atoms with Gasteiger partial charge in [-0.15, -0.1) is 0 Å². The van der Waals surface area contributed by atoms with Crippen molar-refractivity contribution in [3.63, 3.8) is 0 Å². The number of hydrogen-bond donors (Lipinski definition) is 1. The molecule has 2 bridgehead atoms. The van der Waals surface area contributed by atoms with E-state index in [2.05, 4.69) is 17.1 Å². The SMILES string of the molecule is CCN=C(NC1C2CCOC2C12CCCC2)N1CC2C3CCC(O3)C2C1. The first-order valence-corrected chi connectivity index (χ1v) is 11.1. The quantitative estimate of drug-likeness (QED) is 0.608. The third-order valence-corrected chi connectivity index (χ3v) is 8.63. The molecule has 7 atom stereocenters. The van der Waals surface area contributed by atoms with Gasteiger partial charge in [0.1, 0.15) is 0 Å². The predicted octanol–water partition coefficient (Wildman–Crippen LogP) is 2.41. The highest BCUT2D eigenvalue weighted by Gasteiger charge is 2.65. The molecule has 2 saturated carbocycles. The van der Waals surface area contributed by atoms with Crippen molar-refractivity contribution in [2.45, 2.75) is 76.2 Å². The van der Waals surface area contributed by atoms with Crippen LogP contribution in [-0.4, -0.2) is 61.5 Å². The molecule has 4 saturated heterocycles. The third kappa shape index (κ3) is 2.07. The molecule has 26 heavy (non-hydrogen) atoms. The van der Waals surface area contributed by atoms with Crippen LogP contribution in [0.1, 0.15) is 51.9 Å². The second-order valence-electron chi connectivity index (χ2n) is 9.63. The van der Waals surface area contributed by atoms with Gasteiger partial charge in [-0.05, 0) is 39.0 Å². The van der Waals surface area contributed by atoms with E-state index in [4.69, 9.17) is 14.5 Å². The zero-order chi connectivity index (χ0) is 17.3. The van der Waals surface area contributed by atoms with Crippen molar-refractivity contribution in [1.82, 2.24) is 10.2 Å². The van der Waals surface area contributed by atoms with Crippen LogP contribution < -0.4 is 5.32 Å². The lowest BCUT2D eigenvalue weighted by Crippen LogP contribution is -2.69. The van der Waals surface area contributed by atoms with Crippen LogP contribution in [0.5, 0.6) is 0 Å². The van der Waals surface area contributed by atoms with E-state index in [9.17, 15) is 0 Å². The Morgan fingerprint density at radius 2 is 1.81 bits per heavy atom. The lowest BCUT2D eigenvalue weighted by molar-refractivity contribution is -0.125. The van der Waals surface area contributed by atoms with E-state index in [0.29, 0.717) is 35.7 Å². The molecule has 6 aliphatic rings. The minimum Gasteiger partial charge on any atom is -0.377 e. The van der Waals surface area contributed by atoms with E-state index in [0.717, 1.165) is 38.1 Å².